The van der Waals surface area contributed by atoms with Gasteiger partial charge in [-0.25, -0.2) is 14.6 Å². The molecule has 0 fully saturated rings. The van der Waals surface area contributed by atoms with Crippen molar-refractivity contribution in [3.05, 3.63) is 42.5 Å². The largest absolute Gasteiger partial charge is 0.455 e. The first-order valence-corrected chi connectivity index (χ1v) is 7.27. The highest BCUT2D eigenvalue weighted by molar-refractivity contribution is 6.40. The molecule has 0 saturated heterocycles. The Kier molecular flexibility index (Phi) is 4.83. The van der Waals surface area contributed by atoms with Crippen molar-refractivity contribution in [3.8, 4) is 0 Å². The monoisotopic (exact) mass is 316 g/mol. The molecule has 6 nitrogen and oxygen atoms in total. The molecule has 0 aromatic heterocycles. The fourth-order valence-electron chi connectivity index (χ4n) is 2.11. The molecule has 1 amide bonds. The van der Waals surface area contributed by atoms with Crippen molar-refractivity contribution >= 4 is 23.5 Å². The zero-order valence-electron chi connectivity index (χ0n) is 13.5. The molecule has 0 bridgehead atoms. The highest BCUT2D eigenvalue weighted by Gasteiger charge is 2.35. The zero-order valence-corrected chi connectivity index (χ0v) is 13.5. The molecule has 1 aliphatic heterocycles. The standard InChI is InChI=1S/C17H20N2O4/c1-5-10-22-16(21)19-13-11-8-6-7-9-12(11)18-14(13)15(20)23-17(2,3)4/h5-9,13H,1,10H2,2-4H3,(H,19,21). The second kappa shape index (κ2) is 6.64. The number of aliphatic imine (C=N–C) groups is 1. The fourth-order valence-corrected chi connectivity index (χ4v) is 2.11. The molecule has 1 aliphatic rings. The van der Waals surface area contributed by atoms with Gasteiger partial charge < -0.3 is 14.8 Å². The quantitative estimate of drug-likeness (QED) is 0.684. The molecule has 0 spiro atoms. The number of alkyl carbamates (subject to hydrolysis) is 1. The zero-order chi connectivity index (χ0) is 17.0. The summed E-state index contributed by atoms with van der Waals surface area (Å²) in [4.78, 5) is 28.5. The lowest BCUT2D eigenvalue weighted by Gasteiger charge is -2.21. The lowest BCUT2D eigenvalue weighted by atomic mass is 10.0. The molecule has 122 valence electrons. The summed E-state index contributed by atoms with van der Waals surface area (Å²) in [5, 5.41) is 2.65. The molecule has 1 N–H and O–H groups in total. The second-order valence-electron chi connectivity index (χ2n) is 6.02. The third kappa shape index (κ3) is 4.18. The van der Waals surface area contributed by atoms with Gasteiger partial charge in [-0.3, -0.25) is 0 Å². The third-order valence-corrected chi connectivity index (χ3v) is 2.96. The number of carbonyl (C=O) groups excluding carboxylic acids is 2. The fraction of sp³-hybridized carbons (Fsp3) is 0.353. The number of benzene rings is 1. The van der Waals surface area contributed by atoms with E-state index in [1.54, 1.807) is 32.9 Å². The summed E-state index contributed by atoms with van der Waals surface area (Å²) in [7, 11) is 0. The number of nitrogens with one attached hydrogen (secondary N) is 1. The summed E-state index contributed by atoms with van der Waals surface area (Å²) < 4.78 is 10.3. The van der Waals surface area contributed by atoms with E-state index in [0.717, 1.165) is 5.56 Å². The van der Waals surface area contributed by atoms with Crippen LogP contribution in [-0.2, 0) is 14.3 Å². The maximum atomic E-state index is 12.4. The van der Waals surface area contributed by atoms with Gasteiger partial charge in [0, 0.05) is 5.56 Å². The number of hydrogen-bond acceptors (Lipinski definition) is 5. The first-order chi connectivity index (χ1) is 10.8. The van der Waals surface area contributed by atoms with E-state index < -0.39 is 23.7 Å². The van der Waals surface area contributed by atoms with Gasteiger partial charge in [0.2, 0.25) is 0 Å². The van der Waals surface area contributed by atoms with E-state index in [-0.39, 0.29) is 12.3 Å². The Hall–Kier alpha value is -2.63. The Balaban J connectivity index is 2.24. The van der Waals surface area contributed by atoms with Gasteiger partial charge >= 0.3 is 12.1 Å². The average molecular weight is 316 g/mol. The number of esters is 1. The van der Waals surface area contributed by atoms with Gasteiger partial charge in [0.05, 0.1) is 5.69 Å². The molecule has 0 saturated carbocycles. The molecule has 2 rings (SSSR count). The van der Waals surface area contributed by atoms with Crippen molar-refractivity contribution < 1.29 is 19.1 Å². The summed E-state index contributed by atoms with van der Waals surface area (Å²) in [6, 6.07) is 6.51. The Labute approximate surface area is 135 Å². The number of amides is 1. The summed E-state index contributed by atoms with van der Waals surface area (Å²) in [6.45, 7) is 8.88. The van der Waals surface area contributed by atoms with E-state index in [0.29, 0.717) is 5.69 Å². The number of para-hydroxylation sites is 1. The average Bonchev–Trinajstić information content (AvgIpc) is 2.82. The van der Waals surface area contributed by atoms with Crippen LogP contribution < -0.4 is 5.32 Å². The van der Waals surface area contributed by atoms with Gasteiger partial charge in [-0.05, 0) is 26.8 Å². The van der Waals surface area contributed by atoms with E-state index in [1.165, 1.54) is 6.08 Å². The van der Waals surface area contributed by atoms with Gasteiger partial charge in [-0.2, -0.15) is 0 Å². The minimum absolute atomic E-state index is 0.0825. The van der Waals surface area contributed by atoms with Crippen LogP contribution in [0.15, 0.2) is 41.9 Å². The van der Waals surface area contributed by atoms with Crippen molar-refractivity contribution in [1.29, 1.82) is 0 Å². The molecule has 6 heteroatoms. The van der Waals surface area contributed by atoms with Crippen LogP contribution >= 0.6 is 0 Å². The number of carbonyl (C=O) groups is 2. The number of fused-ring (bicyclic) bond motifs is 1. The molecule has 0 radical (unpaired) electrons. The van der Waals surface area contributed by atoms with Crippen LogP contribution in [0.3, 0.4) is 0 Å². The van der Waals surface area contributed by atoms with Crippen LogP contribution in [0.2, 0.25) is 0 Å². The summed E-state index contributed by atoms with van der Waals surface area (Å²) in [5.41, 5.74) is 0.838. The van der Waals surface area contributed by atoms with Gasteiger partial charge in [0.15, 0.2) is 5.71 Å². The van der Waals surface area contributed by atoms with E-state index in [9.17, 15) is 9.59 Å². The third-order valence-electron chi connectivity index (χ3n) is 2.96. The van der Waals surface area contributed by atoms with Crippen molar-refractivity contribution in [2.24, 2.45) is 4.99 Å². The Bertz CT molecular complexity index is 659. The predicted octanol–water partition coefficient (Wildman–Crippen LogP) is 3.07. The van der Waals surface area contributed by atoms with Crippen LogP contribution in [0.1, 0.15) is 32.4 Å². The Morgan fingerprint density at radius 3 is 2.70 bits per heavy atom. The molecule has 1 unspecified atom stereocenters. The summed E-state index contributed by atoms with van der Waals surface area (Å²) >= 11 is 0. The number of ether oxygens (including phenoxy) is 2. The molecular formula is C17H20N2O4. The van der Waals surface area contributed by atoms with Crippen LogP contribution in [0.5, 0.6) is 0 Å². The van der Waals surface area contributed by atoms with Crippen LogP contribution in [-0.4, -0.2) is 30.0 Å². The minimum atomic E-state index is -0.696. The smallest absolute Gasteiger partial charge is 0.408 e. The van der Waals surface area contributed by atoms with Gasteiger partial charge in [0.1, 0.15) is 18.2 Å². The van der Waals surface area contributed by atoms with Crippen LogP contribution in [0.4, 0.5) is 10.5 Å². The number of hydrogen-bond donors (Lipinski definition) is 1. The molecule has 1 heterocycles. The molecule has 1 aromatic rings. The van der Waals surface area contributed by atoms with Gasteiger partial charge in [0.25, 0.3) is 0 Å². The summed E-state index contributed by atoms with van der Waals surface area (Å²) in [6.07, 6.45) is 0.813. The first-order valence-electron chi connectivity index (χ1n) is 7.27. The number of nitrogens with zero attached hydrogens (tertiary/aromatic N) is 1. The summed E-state index contributed by atoms with van der Waals surface area (Å²) in [5.74, 6) is -0.567. The molecular weight excluding hydrogens is 296 g/mol. The van der Waals surface area contributed by atoms with Crippen LogP contribution in [0.25, 0.3) is 0 Å². The lowest BCUT2D eigenvalue weighted by molar-refractivity contribution is -0.146. The number of rotatable bonds is 4. The topological polar surface area (TPSA) is 77.0 Å². The second-order valence-corrected chi connectivity index (χ2v) is 6.02. The highest BCUT2D eigenvalue weighted by Crippen LogP contribution is 2.34. The van der Waals surface area contributed by atoms with Crippen molar-refractivity contribution in [1.82, 2.24) is 5.32 Å². The van der Waals surface area contributed by atoms with E-state index in [1.807, 2.05) is 12.1 Å². The SMILES string of the molecule is C=CCOC(=O)NC1C(C(=O)OC(C)(C)C)=Nc2ccccc21. The molecule has 1 atom stereocenters. The van der Waals surface area contributed by atoms with Crippen LogP contribution in [0, 0.1) is 0 Å². The van der Waals surface area contributed by atoms with Crippen molar-refractivity contribution in [3.63, 3.8) is 0 Å². The normalized spacial score (nSPS) is 16.1. The van der Waals surface area contributed by atoms with E-state index >= 15 is 0 Å². The van der Waals surface area contributed by atoms with E-state index in [2.05, 4.69) is 16.9 Å². The Morgan fingerprint density at radius 2 is 2.04 bits per heavy atom. The highest BCUT2D eigenvalue weighted by atomic mass is 16.6. The van der Waals surface area contributed by atoms with Gasteiger partial charge in [-0.1, -0.05) is 30.9 Å². The first kappa shape index (κ1) is 16.7. The maximum Gasteiger partial charge on any atom is 0.408 e. The van der Waals surface area contributed by atoms with Crippen molar-refractivity contribution in [2.75, 3.05) is 6.61 Å². The Morgan fingerprint density at radius 1 is 1.35 bits per heavy atom. The van der Waals surface area contributed by atoms with Gasteiger partial charge in [-0.15, -0.1) is 0 Å². The minimum Gasteiger partial charge on any atom is -0.455 e. The maximum absolute atomic E-state index is 12.4. The molecule has 0 aliphatic carbocycles. The van der Waals surface area contributed by atoms with Crippen molar-refractivity contribution in [2.45, 2.75) is 32.4 Å². The molecule has 23 heavy (non-hydrogen) atoms. The molecule has 1 aromatic carbocycles. The lowest BCUT2D eigenvalue weighted by Crippen LogP contribution is -2.38. The predicted molar refractivity (Wildman–Crippen MR) is 86.8 cm³/mol. The van der Waals surface area contributed by atoms with E-state index in [4.69, 9.17) is 9.47 Å².